The van der Waals surface area contributed by atoms with Crippen molar-refractivity contribution >= 4 is 23.9 Å². The quantitative estimate of drug-likeness (QED) is 0.522. The van der Waals surface area contributed by atoms with Crippen LogP contribution in [0.4, 0.5) is 4.39 Å². The third kappa shape index (κ3) is 4.81. The topological polar surface area (TPSA) is 54.4 Å². The second-order valence-corrected chi connectivity index (χ2v) is 4.80. The molecule has 0 aliphatic carbocycles. The number of rotatable bonds is 5. The number of amides is 1. The van der Waals surface area contributed by atoms with Crippen molar-refractivity contribution in [2.75, 3.05) is 5.75 Å². The lowest BCUT2D eigenvalue weighted by molar-refractivity contribution is -0.118. The van der Waals surface area contributed by atoms with Gasteiger partial charge in [-0.3, -0.25) is 4.79 Å². The summed E-state index contributed by atoms with van der Waals surface area (Å²) in [6.45, 7) is 0. The fourth-order valence-electron chi connectivity index (χ4n) is 1.33. The van der Waals surface area contributed by atoms with Gasteiger partial charge >= 0.3 is 0 Å². The Kier molecular flexibility index (Phi) is 5.25. The van der Waals surface area contributed by atoms with E-state index in [9.17, 15) is 9.18 Å². The van der Waals surface area contributed by atoms with Crippen LogP contribution in [0.5, 0.6) is 0 Å². The van der Waals surface area contributed by atoms with Gasteiger partial charge in [-0.25, -0.2) is 14.8 Å². The third-order valence-electron chi connectivity index (χ3n) is 2.26. The number of carbonyl (C=O) groups excluding carboxylic acids is 1. The molecule has 0 bridgehead atoms. The summed E-state index contributed by atoms with van der Waals surface area (Å²) >= 11 is 1.33. The summed E-state index contributed by atoms with van der Waals surface area (Å²) in [5.41, 5.74) is 3.12. The molecule has 2 aromatic rings. The average molecular weight is 289 g/mol. The molecule has 0 unspecified atom stereocenters. The molecule has 1 N–H and O–H groups in total. The van der Waals surface area contributed by atoms with Crippen LogP contribution in [0.2, 0.25) is 0 Å². The molecule has 1 amide bonds. The molecule has 4 nitrogen and oxygen atoms in total. The van der Waals surface area contributed by atoms with Gasteiger partial charge in [0.25, 0.3) is 0 Å². The predicted molar refractivity (Wildman–Crippen MR) is 77.1 cm³/mol. The van der Waals surface area contributed by atoms with Crippen LogP contribution in [0.25, 0.3) is 0 Å². The van der Waals surface area contributed by atoms with Gasteiger partial charge < -0.3 is 0 Å². The van der Waals surface area contributed by atoms with Crippen molar-refractivity contribution in [1.82, 2.24) is 10.4 Å². The number of carbonyl (C=O) groups is 1. The van der Waals surface area contributed by atoms with Crippen LogP contribution in [-0.4, -0.2) is 22.9 Å². The number of thioether (sulfide) groups is 1. The molecule has 0 aliphatic rings. The number of benzene rings is 1. The maximum atomic E-state index is 12.7. The van der Waals surface area contributed by atoms with E-state index in [1.54, 1.807) is 18.3 Å². The van der Waals surface area contributed by atoms with Crippen LogP contribution in [0.1, 0.15) is 5.56 Å². The van der Waals surface area contributed by atoms with Gasteiger partial charge in [-0.15, -0.1) is 0 Å². The van der Waals surface area contributed by atoms with E-state index in [2.05, 4.69) is 15.5 Å². The lowest BCUT2D eigenvalue weighted by Crippen LogP contribution is -2.19. The maximum Gasteiger partial charge on any atom is 0.250 e. The Morgan fingerprint density at radius 1 is 1.30 bits per heavy atom. The fraction of sp³-hybridized carbons (Fsp3) is 0.0714. The summed E-state index contributed by atoms with van der Waals surface area (Å²) in [6.07, 6.45) is 3.13. The number of aromatic nitrogens is 1. The van der Waals surface area contributed by atoms with E-state index in [1.165, 1.54) is 30.1 Å². The van der Waals surface area contributed by atoms with Crippen LogP contribution in [0.3, 0.4) is 0 Å². The predicted octanol–water partition coefficient (Wildman–Crippen LogP) is 2.46. The molecule has 6 heteroatoms. The van der Waals surface area contributed by atoms with Crippen molar-refractivity contribution in [1.29, 1.82) is 0 Å². The van der Waals surface area contributed by atoms with Gasteiger partial charge in [0, 0.05) is 6.20 Å². The molecule has 102 valence electrons. The normalized spacial score (nSPS) is 10.7. The fourth-order valence-corrected chi connectivity index (χ4v) is 1.99. The van der Waals surface area contributed by atoms with Gasteiger partial charge in [0.05, 0.1) is 17.0 Å². The minimum absolute atomic E-state index is 0.223. The summed E-state index contributed by atoms with van der Waals surface area (Å²) in [7, 11) is 0. The highest BCUT2D eigenvalue weighted by Crippen LogP contribution is 2.12. The summed E-state index contributed by atoms with van der Waals surface area (Å²) in [5, 5.41) is 4.59. The van der Waals surface area contributed by atoms with E-state index in [-0.39, 0.29) is 17.5 Å². The van der Waals surface area contributed by atoms with Gasteiger partial charge in [0.2, 0.25) is 5.91 Å². The largest absolute Gasteiger partial charge is 0.272 e. The average Bonchev–Trinajstić information content (AvgIpc) is 2.48. The number of hydrazone groups is 1. The van der Waals surface area contributed by atoms with Crippen molar-refractivity contribution in [2.45, 2.75) is 5.03 Å². The molecule has 20 heavy (non-hydrogen) atoms. The monoisotopic (exact) mass is 289 g/mol. The smallest absolute Gasteiger partial charge is 0.250 e. The van der Waals surface area contributed by atoms with Crippen molar-refractivity contribution < 1.29 is 9.18 Å². The van der Waals surface area contributed by atoms with Crippen molar-refractivity contribution in [3.63, 3.8) is 0 Å². The maximum absolute atomic E-state index is 12.7. The molecule has 0 spiro atoms. The van der Waals surface area contributed by atoms with Gasteiger partial charge in [-0.2, -0.15) is 5.10 Å². The number of nitrogens with zero attached hydrogens (tertiary/aromatic N) is 2. The zero-order chi connectivity index (χ0) is 14.2. The van der Waals surface area contributed by atoms with Crippen LogP contribution in [-0.2, 0) is 4.79 Å². The van der Waals surface area contributed by atoms with E-state index in [0.29, 0.717) is 5.56 Å². The lowest BCUT2D eigenvalue weighted by atomic mass is 10.2. The molecule has 0 saturated carbocycles. The van der Waals surface area contributed by atoms with Crippen LogP contribution in [0.15, 0.2) is 58.8 Å². The van der Waals surface area contributed by atoms with Crippen molar-refractivity contribution in [3.8, 4) is 0 Å². The Labute approximate surface area is 120 Å². The molecule has 0 radical (unpaired) electrons. The van der Waals surface area contributed by atoms with E-state index >= 15 is 0 Å². The Morgan fingerprint density at radius 2 is 2.10 bits per heavy atom. The van der Waals surface area contributed by atoms with Gasteiger partial charge in [-0.05, 0) is 29.8 Å². The standard InChI is InChI=1S/C14H12FN3OS/c15-12-6-4-11(5-7-12)9-17-18-13(19)10-20-14-3-1-2-8-16-14/h1-9H,10H2,(H,18,19)/b17-9+. The Bertz CT molecular complexity index is 587. The molecule has 1 aromatic carbocycles. The van der Waals surface area contributed by atoms with Crippen molar-refractivity contribution in [2.24, 2.45) is 5.10 Å². The highest BCUT2D eigenvalue weighted by atomic mass is 32.2. The third-order valence-corrected chi connectivity index (χ3v) is 3.21. The molecule has 0 atom stereocenters. The zero-order valence-corrected chi connectivity index (χ0v) is 11.3. The molecule has 1 aromatic heterocycles. The number of hydrogen-bond donors (Lipinski definition) is 1. The number of pyridine rings is 1. The minimum Gasteiger partial charge on any atom is -0.272 e. The van der Waals surface area contributed by atoms with Gasteiger partial charge in [0.1, 0.15) is 5.82 Å². The lowest BCUT2D eigenvalue weighted by Gasteiger charge is -1.99. The van der Waals surface area contributed by atoms with Crippen LogP contribution >= 0.6 is 11.8 Å². The molecule has 0 aliphatic heterocycles. The Hall–Kier alpha value is -2.21. The SMILES string of the molecule is O=C(CSc1ccccn1)N/N=C/c1ccc(F)cc1. The molecule has 1 heterocycles. The van der Waals surface area contributed by atoms with Crippen molar-refractivity contribution in [3.05, 3.63) is 60.0 Å². The molecule has 0 saturated heterocycles. The van der Waals surface area contributed by atoms with Gasteiger partial charge in [-0.1, -0.05) is 30.0 Å². The Balaban J connectivity index is 1.76. The molecule has 2 rings (SSSR count). The Morgan fingerprint density at radius 3 is 2.80 bits per heavy atom. The first-order chi connectivity index (χ1) is 9.74. The summed E-state index contributed by atoms with van der Waals surface area (Å²) in [4.78, 5) is 15.6. The first-order valence-electron chi connectivity index (χ1n) is 5.85. The highest BCUT2D eigenvalue weighted by Gasteiger charge is 2.01. The van der Waals surface area contributed by atoms with Gasteiger partial charge in [0.15, 0.2) is 0 Å². The zero-order valence-electron chi connectivity index (χ0n) is 10.5. The summed E-state index contributed by atoms with van der Waals surface area (Å²) in [5.74, 6) is -0.297. The first kappa shape index (κ1) is 14.2. The first-order valence-corrected chi connectivity index (χ1v) is 6.84. The van der Waals surface area contributed by atoms with E-state index in [1.807, 2.05) is 18.2 Å². The molecular formula is C14H12FN3OS. The second kappa shape index (κ2) is 7.40. The van der Waals surface area contributed by atoms with E-state index in [4.69, 9.17) is 0 Å². The minimum atomic E-state index is -0.307. The number of hydrogen-bond acceptors (Lipinski definition) is 4. The van der Waals surface area contributed by atoms with E-state index < -0.39 is 0 Å². The highest BCUT2D eigenvalue weighted by molar-refractivity contribution is 7.99. The van der Waals surface area contributed by atoms with Crippen LogP contribution in [0, 0.1) is 5.82 Å². The molecule has 0 fully saturated rings. The van der Waals surface area contributed by atoms with E-state index in [0.717, 1.165) is 5.03 Å². The second-order valence-electron chi connectivity index (χ2n) is 3.80. The summed E-state index contributed by atoms with van der Waals surface area (Å²) in [6, 6.07) is 11.3. The molecular weight excluding hydrogens is 277 g/mol. The number of nitrogens with one attached hydrogen (secondary N) is 1. The number of halogens is 1. The van der Waals surface area contributed by atoms with Crippen LogP contribution < -0.4 is 5.43 Å². The summed E-state index contributed by atoms with van der Waals surface area (Å²) < 4.78 is 12.7.